The van der Waals surface area contributed by atoms with E-state index in [4.69, 9.17) is 38.9 Å². The van der Waals surface area contributed by atoms with Crippen molar-refractivity contribution >= 4 is 24.4 Å². The van der Waals surface area contributed by atoms with Crippen molar-refractivity contribution in [1.82, 2.24) is 0 Å². The number of hydrogen-bond acceptors (Lipinski definition) is 12. The Morgan fingerprint density at radius 1 is 0.675 bits per heavy atom. The summed E-state index contributed by atoms with van der Waals surface area (Å²) in [5.74, 6) is -0.863. The summed E-state index contributed by atoms with van der Waals surface area (Å²) in [5.41, 5.74) is 6.53. The fourth-order valence-corrected chi connectivity index (χ4v) is 2.75. The van der Waals surface area contributed by atoms with Crippen LogP contribution in [0.3, 0.4) is 0 Å². The molecule has 0 bridgehead atoms. The van der Waals surface area contributed by atoms with Crippen LogP contribution in [0.2, 0.25) is 0 Å². The fourth-order valence-electron chi connectivity index (χ4n) is 2.75. The molecule has 0 saturated heterocycles. The number of nitrogens with two attached hydrogens (primary N) is 1. The fraction of sp³-hybridized carbons (Fsp3) is 0.643. The van der Waals surface area contributed by atoms with E-state index in [0.717, 1.165) is 0 Å². The topological polar surface area (TPSA) is 159 Å². The number of esters is 1. The summed E-state index contributed by atoms with van der Waals surface area (Å²) < 4.78 is 36.2. The molecule has 0 aromatic heterocycles. The minimum absolute atomic E-state index is 0.0123. The van der Waals surface area contributed by atoms with Gasteiger partial charge in [-0.1, -0.05) is 33.8 Å². The second-order valence-electron chi connectivity index (χ2n) is 10.1. The lowest BCUT2D eigenvalue weighted by Crippen LogP contribution is -2.39. The molecular weight excluding hydrogens is 526 g/mol. The quantitative estimate of drug-likeness (QED) is 0.189. The van der Waals surface area contributed by atoms with Gasteiger partial charge < -0.3 is 38.9 Å². The van der Waals surface area contributed by atoms with E-state index in [1.807, 2.05) is 27.7 Å². The lowest BCUT2D eigenvalue weighted by atomic mass is 10.1. The lowest BCUT2D eigenvalue weighted by Gasteiger charge is -2.22. The molecule has 0 spiro atoms. The Kier molecular flexibility index (Phi) is 14.3. The molecule has 0 heterocycles. The minimum Gasteiger partial charge on any atom is -0.458 e. The van der Waals surface area contributed by atoms with E-state index < -0.39 is 54.9 Å². The molecular formula is C28H43NO11. The predicted octanol–water partition coefficient (Wildman–Crippen LogP) is 5.17. The van der Waals surface area contributed by atoms with E-state index in [1.165, 1.54) is 12.1 Å². The van der Waals surface area contributed by atoms with Crippen LogP contribution in [0, 0.1) is 11.8 Å². The third-order valence-electron chi connectivity index (χ3n) is 6.10. The molecule has 0 aliphatic carbocycles. The summed E-state index contributed by atoms with van der Waals surface area (Å²) in [6.45, 7) is 15.9. The molecule has 0 aliphatic rings. The van der Waals surface area contributed by atoms with E-state index in [9.17, 15) is 19.2 Å². The summed E-state index contributed by atoms with van der Waals surface area (Å²) in [4.78, 5) is 48.8. The molecule has 5 atom stereocenters. The normalized spacial score (nSPS) is 14.8. The summed E-state index contributed by atoms with van der Waals surface area (Å²) >= 11 is 0. The van der Waals surface area contributed by atoms with E-state index in [-0.39, 0.29) is 36.4 Å². The molecule has 0 amide bonds. The molecule has 0 saturated carbocycles. The van der Waals surface area contributed by atoms with Crippen LogP contribution >= 0.6 is 0 Å². The average molecular weight is 570 g/mol. The van der Waals surface area contributed by atoms with Gasteiger partial charge in [-0.15, -0.1) is 0 Å². The molecule has 1 rings (SSSR count). The highest BCUT2D eigenvalue weighted by atomic mass is 16.8. The molecule has 2 N–H and O–H groups in total. The van der Waals surface area contributed by atoms with Crippen LogP contribution < -0.4 is 15.2 Å². The molecule has 2 unspecified atom stereocenters. The van der Waals surface area contributed by atoms with Crippen LogP contribution in [-0.4, -0.2) is 61.5 Å². The molecule has 12 heteroatoms. The van der Waals surface area contributed by atoms with Crippen molar-refractivity contribution in [2.75, 3.05) is 6.61 Å². The number of hydrogen-bond donors (Lipinski definition) is 1. The predicted molar refractivity (Wildman–Crippen MR) is 144 cm³/mol. The van der Waals surface area contributed by atoms with Gasteiger partial charge in [0, 0.05) is 0 Å². The Bertz CT molecular complexity index is 994. The molecule has 0 radical (unpaired) electrons. The van der Waals surface area contributed by atoms with Crippen molar-refractivity contribution < 1.29 is 52.3 Å². The number of rotatable bonds is 13. The zero-order valence-electron chi connectivity index (χ0n) is 24.8. The maximum atomic E-state index is 12.6. The van der Waals surface area contributed by atoms with Crippen molar-refractivity contribution in [3.8, 4) is 11.5 Å². The second-order valence-corrected chi connectivity index (χ2v) is 10.1. The van der Waals surface area contributed by atoms with Crippen molar-refractivity contribution in [2.24, 2.45) is 17.6 Å². The van der Waals surface area contributed by atoms with Crippen LogP contribution in [-0.2, 0) is 34.9 Å². The van der Waals surface area contributed by atoms with E-state index in [1.54, 1.807) is 40.7 Å². The summed E-state index contributed by atoms with van der Waals surface area (Å²) in [7, 11) is 0. The number of carbonyl (C=O) groups is 4. The standard InChI is InChI=1S/C28H43NO11/c1-10-34-26(31)38-20(9)19(8)35-25(30)22(29)13-21-11-12-23(39-27(32)36-17(6)15(2)3)24(14-21)40-28(33)37-18(7)16(4)5/h11-12,14-20,22H,10,13,29H2,1-9H3/t17?,18?,19-,20-,22-/m0/s1. The van der Waals surface area contributed by atoms with Crippen LogP contribution in [0.5, 0.6) is 11.5 Å². The summed E-state index contributed by atoms with van der Waals surface area (Å²) in [5, 5.41) is 0. The molecule has 0 aliphatic heterocycles. The Hall–Kier alpha value is -3.54. The third-order valence-corrected chi connectivity index (χ3v) is 6.10. The van der Waals surface area contributed by atoms with Crippen LogP contribution in [0.25, 0.3) is 0 Å². The van der Waals surface area contributed by atoms with Gasteiger partial charge in [0.2, 0.25) is 0 Å². The highest BCUT2D eigenvalue weighted by Crippen LogP contribution is 2.30. The van der Waals surface area contributed by atoms with Gasteiger partial charge in [0.25, 0.3) is 0 Å². The molecule has 40 heavy (non-hydrogen) atoms. The first-order chi connectivity index (χ1) is 18.6. The first kappa shape index (κ1) is 34.5. The van der Waals surface area contributed by atoms with Gasteiger partial charge in [-0.05, 0) is 70.6 Å². The zero-order chi connectivity index (χ0) is 30.6. The second kappa shape index (κ2) is 16.5. The summed E-state index contributed by atoms with van der Waals surface area (Å²) in [6, 6.07) is 3.23. The number of ether oxygens (including phenoxy) is 7. The Morgan fingerprint density at radius 2 is 1.15 bits per heavy atom. The lowest BCUT2D eigenvalue weighted by molar-refractivity contribution is -0.155. The monoisotopic (exact) mass is 569 g/mol. The van der Waals surface area contributed by atoms with Gasteiger partial charge in [-0.3, -0.25) is 4.79 Å². The van der Waals surface area contributed by atoms with Gasteiger partial charge in [-0.25, -0.2) is 14.4 Å². The van der Waals surface area contributed by atoms with Crippen LogP contribution in [0.1, 0.15) is 67.9 Å². The molecule has 1 aromatic rings. The van der Waals surface area contributed by atoms with Gasteiger partial charge in [-0.2, -0.15) is 0 Å². The number of benzene rings is 1. The largest absolute Gasteiger partial charge is 0.514 e. The Balaban J connectivity index is 3.01. The van der Waals surface area contributed by atoms with Crippen molar-refractivity contribution in [3.63, 3.8) is 0 Å². The summed E-state index contributed by atoms with van der Waals surface area (Å²) in [6.07, 6.45) is -5.28. The highest BCUT2D eigenvalue weighted by Gasteiger charge is 2.26. The molecule has 0 fully saturated rings. The molecule has 12 nitrogen and oxygen atoms in total. The maximum absolute atomic E-state index is 12.6. The molecule has 226 valence electrons. The Morgan fingerprint density at radius 3 is 1.65 bits per heavy atom. The smallest absolute Gasteiger partial charge is 0.458 e. The average Bonchev–Trinajstić information content (AvgIpc) is 2.85. The third kappa shape index (κ3) is 12.1. The zero-order valence-corrected chi connectivity index (χ0v) is 24.8. The van der Waals surface area contributed by atoms with Gasteiger partial charge in [0.15, 0.2) is 11.5 Å². The first-order valence-electron chi connectivity index (χ1n) is 13.3. The van der Waals surface area contributed by atoms with Crippen molar-refractivity contribution in [3.05, 3.63) is 23.8 Å². The van der Waals surface area contributed by atoms with E-state index in [2.05, 4.69) is 0 Å². The van der Waals surface area contributed by atoms with E-state index in [0.29, 0.717) is 5.56 Å². The van der Waals surface area contributed by atoms with Gasteiger partial charge >= 0.3 is 24.4 Å². The number of carbonyl (C=O) groups excluding carboxylic acids is 4. The van der Waals surface area contributed by atoms with Crippen molar-refractivity contribution in [1.29, 1.82) is 0 Å². The highest BCUT2D eigenvalue weighted by molar-refractivity contribution is 5.76. The molecule has 1 aromatic carbocycles. The van der Waals surface area contributed by atoms with Crippen LogP contribution in [0.4, 0.5) is 14.4 Å². The SMILES string of the molecule is CCOC(=O)O[C@@H](C)[C@H](C)OC(=O)[C@@H](N)Cc1ccc(OC(=O)OC(C)C(C)C)c(OC(=O)OC(C)C(C)C)c1. The maximum Gasteiger partial charge on any atom is 0.514 e. The van der Waals surface area contributed by atoms with Gasteiger partial charge in [0.1, 0.15) is 30.5 Å². The minimum atomic E-state index is -1.11. The van der Waals surface area contributed by atoms with E-state index >= 15 is 0 Å². The van der Waals surface area contributed by atoms with Crippen molar-refractivity contribution in [2.45, 2.75) is 99.2 Å². The first-order valence-corrected chi connectivity index (χ1v) is 13.3. The van der Waals surface area contributed by atoms with Gasteiger partial charge in [0.05, 0.1) is 6.61 Å². The Labute approximate surface area is 235 Å². The van der Waals surface area contributed by atoms with Crippen LogP contribution in [0.15, 0.2) is 18.2 Å².